The third kappa shape index (κ3) is 4.34. The maximum atomic E-state index is 13.5. The second-order valence-electron chi connectivity index (χ2n) is 3.92. The molecule has 0 bridgehead atoms. The Hall–Kier alpha value is -2.44. The zero-order chi connectivity index (χ0) is 15.1. The van der Waals surface area contributed by atoms with E-state index in [0.29, 0.717) is 12.8 Å². The van der Waals surface area contributed by atoms with E-state index in [-0.39, 0.29) is 11.3 Å². The van der Waals surface area contributed by atoms with E-state index in [9.17, 15) is 18.8 Å². The molecule has 1 atom stereocenters. The predicted molar refractivity (Wildman–Crippen MR) is 69.1 cm³/mol. The molecular formula is C13H15FN2O4. The Labute approximate surface area is 115 Å². The lowest BCUT2D eigenvalue weighted by Gasteiger charge is -2.14. The number of amides is 3. The number of hydrogen-bond donors (Lipinski definition) is 2. The van der Waals surface area contributed by atoms with Gasteiger partial charge in [0.05, 0.1) is 0 Å². The zero-order valence-corrected chi connectivity index (χ0v) is 11.1. The minimum Gasteiger partial charge on any atom is -0.478 e. The highest BCUT2D eigenvalue weighted by Gasteiger charge is 2.18. The summed E-state index contributed by atoms with van der Waals surface area (Å²) in [6, 6.07) is 2.95. The highest BCUT2D eigenvalue weighted by molar-refractivity contribution is 5.96. The summed E-state index contributed by atoms with van der Waals surface area (Å²) >= 11 is 0. The first-order valence-corrected chi connectivity index (χ1v) is 5.98. The fourth-order valence-electron chi connectivity index (χ4n) is 1.35. The number of halogens is 1. The number of imide groups is 1. The summed E-state index contributed by atoms with van der Waals surface area (Å²) in [5, 5.41) is 4.43. The van der Waals surface area contributed by atoms with E-state index in [4.69, 9.17) is 4.74 Å². The van der Waals surface area contributed by atoms with Crippen molar-refractivity contribution in [1.82, 2.24) is 10.6 Å². The maximum Gasteiger partial charge on any atom is 0.321 e. The van der Waals surface area contributed by atoms with E-state index in [1.807, 2.05) is 0 Å². The standard InChI is InChI=1S/C13H15FN2O4/c1-3-15-13(19)16-12(18)8(2)20-11-5-4-9(7-17)6-10(11)14/h4-8H,3H2,1-2H3,(H2,15,16,18,19). The smallest absolute Gasteiger partial charge is 0.321 e. The Kier molecular flexibility index (Phi) is 5.64. The van der Waals surface area contributed by atoms with Crippen molar-refractivity contribution in [3.8, 4) is 5.75 Å². The number of hydrogen-bond acceptors (Lipinski definition) is 4. The molecule has 1 unspecified atom stereocenters. The van der Waals surface area contributed by atoms with Gasteiger partial charge in [0.15, 0.2) is 17.7 Å². The van der Waals surface area contributed by atoms with Gasteiger partial charge in [0, 0.05) is 12.1 Å². The number of ether oxygens (including phenoxy) is 1. The Morgan fingerprint density at radius 3 is 2.70 bits per heavy atom. The number of urea groups is 1. The van der Waals surface area contributed by atoms with Crippen molar-refractivity contribution in [1.29, 1.82) is 0 Å². The van der Waals surface area contributed by atoms with Crippen molar-refractivity contribution in [3.05, 3.63) is 29.6 Å². The second-order valence-corrected chi connectivity index (χ2v) is 3.92. The first-order chi connectivity index (χ1) is 9.47. The van der Waals surface area contributed by atoms with E-state index in [2.05, 4.69) is 10.6 Å². The quantitative estimate of drug-likeness (QED) is 0.796. The molecule has 0 aromatic heterocycles. The van der Waals surface area contributed by atoms with Crippen molar-refractivity contribution >= 4 is 18.2 Å². The van der Waals surface area contributed by atoms with Crippen LogP contribution in [-0.4, -0.2) is 30.9 Å². The van der Waals surface area contributed by atoms with E-state index in [1.165, 1.54) is 19.1 Å². The first-order valence-electron chi connectivity index (χ1n) is 5.98. The van der Waals surface area contributed by atoms with E-state index in [1.54, 1.807) is 6.92 Å². The third-order valence-corrected chi connectivity index (χ3v) is 2.34. The van der Waals surface area contributed by atoms with Gasteiger partial charge in [0.25, 0.3) is 5.91 Å². The van der Waals surface area contributed by atoms with Crippen LogP contribution in [0.15, 0.2) is 18.2 Å². The summed E-state index contributed by atoms with van der Waals surface area (Å²) in [5.74, 6) is -1.63. The van der Waals surface area contributed by atoms with Gasteiger partial charge in [0.1, 0.15) is 6.29 Å². The molecule has 0 aliphatic rings. The van der Waals surface area contributed by atoms with Crippen LogP contribution >= 0.6 is 0 Å². The number of benzene rings is 1. The van der Waals surface area contributed by atoms with Gasteiger partial charge in [-0.1, -0.05) is 0 Å². The van der Waals surface area contributed by atoms with Crippen molar-refractivity contribution in [3.63, 3.8) is 0 Å². The van der Waals surface area contributed by atoms with Crippen molar-refractivity contribution in [2.75, 3.05) is 6.54 Å². The molecule has 0 spiro atoms. The largest absolute Gasteiger partial charge is 0.478 e. The molecular weight excluding hydrogens is 267 g/mol. The number of carbonyl (C=O) groups excluding carboxylic acids is 3. The molecule has 0 aliphatic heterocycles. The SMILES string of the molecule is CCNC(=O)NC(=O)C(C)Oc1ccc(C=O)cc1F. The van der Waals surface area contributed by atoms with Gasteiger partial charge in [-0.15, -0.1) is 0 Å². The van der Waals surface area contributed by atoms with Gasteiger partial charge in [-0.05, 0) is 32.0 Å². The maximum absolute atomic E-state index is 13.5. The minimum atomic E-state index is -1.06. The zero-order valence-electron chi connectivity index (χ0n) is 11.1. The van der Waals surface area contributed by atoms with Crippen molar-refractivity contribution in [2.24, 2.45) is 0 Å². The van der Waals surface area contributed by atoms with E-state index in [0.717, 1.165) is 6.07 Å². The summed E-state index contributed by atoms with van der Waals surface area (Å²) in [5.41, 5.74) is 0.161. The Bertz CT molecular complexity index is 519. The number of rotatable bonds is 5. The lowest BCUT2D eigenvalue weighted by atomic mass is 10.2. The molecule has 0 radical (unpaired) electrons. The second kappa shape index (κ2) is 7.22. The molecule has 2 N–H and O–H groups in total. The van der Waals surface area contributed by atoms with Crippen LogP contribution in [0.4, 0.5) is 9.18 Å². The van der Waals surface area contributed by atoms with Crippen LogP contribution in [0.2, 0.25) is 0 Å². The van der Waals surface area contributed by atoms with Crippen LogP contribution in [0.5, 0.6) is 5.75 Å². The summed E-state index contributed by atoms with van der Waals surface area (Å²) in [4.78, 5) is 33.2. The number of nitrogens with one attached hydrogen (secondary N) is 2. The van der Waals surface area contributed by atoms with Crippen molar-refractivity contribution < 1.29 is 23.5 Å². The average molecular weight is 282 g/mol. The summed E-state index contributed by atoms with van der Waals surface area (Å²) in [6.07, 6.45) is -0.563. The van der Waals surface area contributed by atoms with Crippen LogP contribution in [0.1, 0.15) is 24.2 Å². The fraction of sp³-hybridized carbons (Fsp3) is 0.308. The predicted octanol–water partition coefficient (Wildman–Crippen LogP) is 1.25. The molecule has 6 nitrogen and oxygen atoms in total. The third-order valence-electron chi connectivity index (χ3n) is 2.34. The van der Waals surface area contributed by atoms with Gasteiger partial charge < -0.3 is 10.1 Å². The Balaban J connectivity index is 2.65. The van der Waals surface area contributed by atoms with Gasteiger partial charge >= 0.3 is 6.03 Å². The normalized spacial score (nSPS) is 11.3. The van der Waals surface area contributed by atoms with Crippen LogP contribution < -0.4 is 15.4 Å². The van der Waals surface area contributed by atoms with Crippen LogP contribution in [-0.2, 0) is 4.79 Å². The van der Waals surface area contributed by atoms with E-state index >= 15 is 0 Å². The van der Waals surface area contributed by atoms with Gasteiger partial charge in [-0.3, -0.25) is 14.9 Å². The molecule has 0 aliphatic carbocycles. The van der Waals surface area contributed by atoms with E-state index < -0.39 is 23.9 Å². The molecule has 7 heteroatoms. The summed E-state index contributed by atoms with van der Waals surface area (Å²) < 4.78 is 18.7. The lowest BCUT2D eigenvalue weighted by Crippen LogP contribution is -2.45. The fourth-order valence-corrected chi connectivity index (χ4v) is 1.35. The van der Waals surface area contributed by atoms with Crippen LogP contribution in [0.25, 0.3) is 0 Å². The molecule has 1 aromatic carbocycles. The first kappa shape index (κ1) is 15.6. The average Bonchev–Trinajstić information content (AvgIpc) is 2.41. The molecule has 3 amide bonds. The lowest BCUT2D eigenvalue weighted by molar-refractivity contribution is -0.126. The molecule has 0 saturated carbocycles. The van der Waals surface area contributed by atoms with Gasteiger partial charge in [0.2, 0.25) is 0 Å². The molecule has 1 rings (SSSR count). The highest BCUT2D eigenvalue weighted by Crippen LogP contribution is 2.19. The molecule has 108 valence electrons. The summed E-state index contributed by atoms with van der Waals surface area (Å²) in [7, 11) is 0. The molecule has 20 heavy (non-hydrogen) atoms. The minimum absolute atomic E-state index is 0.161. The number of aldehydes is 1. The highest BCUT2D eigenvalue weighted by atomic mass is 19.1. The molecule has 0 saturated heterocycles. The molecule has 0 heterocycles. The van der Waals surface area contributed by atoms with Crippen LogP contribution in [0, 0.1) is 5.82 Å². The van der Waals surface area contributed by atoms with Crippen LogP contribution in [0.3, 0.4) is 0 Å². The molecule has 1 aromatic rings. The monoisotopic (exact) mass is 282 g/mol. The molecule has 0 fully saturated rings. The van der Waals surface area contributed by atoms with Gasteiger partial charge in [-0.2, -0.15) is 0 Å². The Morgan fingerprint density at radius 1 is 1.45 bits per heavy atom. The Morgan fingerprint density at radius 2 is 2.15 bits per heavy atom. The summed E-state index contributed by atoms with van der Waals surface area (Å²) in [6.45, 7) is 3.45. The number of carbonyl (C=O) groups is 3. The van der Waals surface area contributed by atoms with Crippen molar-refractivity contribution in [2.45, 2.75) is 20.0 Å². The van der Waals surface area contributed by atoms with Gasteiger partial charge in [-0.25, -0.2) is 9.18 Å². The topological polar surface area (TPSA) is 84.5 Å².